The highest BCUT2D eigenvalue weighted by Gasteiger charge is 2.44. The quantitative estimate of drug-likeness (QED) is 0.864. The monoisotopic (exact) mass is 312 g/mol. The van der Waals surface area contributed by atoms with E-state index >= 15 is 0 Å². The second-order valence-electron chi connectivity index (χ2n) is 7.76. The SMILES string of the molecule is O=C1c2cccc3c2[C@H](CCC3O)CN1[C@@H]1CN2CCC1CC2. The van der Waals surface area contributed by atoms with Crippen LogP contribution < -0.4 is 0 Å². The van der Waals surface area contributed by atoms with Gasteiger partial charge in [-0.2, -0.15) is 0 Å². The fourth-order valence-electron chi connectivity index (χ4n) is 5.41. The molecule has 4 nitrogen and oxygen atoms in total. The number of carbonyl (C=O) groups is 1. The second kappa shape index (κ2) is 5.05. The fourth-order valence-corrected chi connectivity index (χ4v) is 5.41. The Morgan fingerprint density at radius 1 is 1.04 bits per heavy atom. The molecule has 4 heteroatoms. The molecule has 1 N–H and O–H groups in total. The summed E-state index contributed by atoms with van der Waals surface area (Å²) < 4.78 is 0. The molecule has 1 amide bonds. The van der Waals surface area contributed by atoms with E-state index in [4.69, 9.17) is 0 Å². The maximum Gasteiger partial charge on any atom is 0.254 e. The van der Waals surface area contributed by atoms with Crippen molar-refractivity contribution in [1.29, 1.82) is 0 Å². The predicted octanol–water partition coefficient (Wildman–Crippen LogP) is 2.15. The van der Waals surface area contributed by atoms with Crippen LogP contribution in [-0.2, 0) is 0 Å². The minimum absolute atomic E-state index is 0.200. The van der Waals surface area contributed by atoms with E-state index in [1.807, 2.05) is 18.2 Å². The summed E-state index contributed by atoms with van der Waals surface area (Å²) in [5.41, 5.74) is 3.00. The van der Waals surface area contributed by atoms with Crippen molar-refractivity contribution in [3.8, 4) is 0 Å². The van der Waals surface area contributed by atoms with Gasteiger partial charge in [-0.25, -0.2) is 0 Å². The number of fused-ring (bicyclic) bond motifs is 3. The van der Waals surface area contributed by atoms with Crippen molar-refractivity contribution in [2.75, 3.05) is 26.2 Å². The van der Waals surface area contributed by atoms with Crippen LogP contribution in [-0.4, -0.2) is 53.0 Å². The van der Waals surface area contributed by atoms with Crippen molar-refractivity contribution in [1.82, 2.24) is 9.80 Å². The van der Waals surface area contributed by atoms with Crippen molar-refractivity contribution >= 4 is 5.91 Å². The number of carbonyl (C=O) groups excluding carboxylic acids is 1. The van der Waals surface area contributed by atoms with Gasteiger partial charge in [0.2, 0.25) is 0 Å². The number of hydrogen-bond donors (Lipinski definition) is 1. The van der Waals surface area contributed by atoms with Gasteiger partial charge in [0.1, 0.15) is 0 Å². The summed E-state index contributed by atoms with van der Waals surface area (Å²) in [5, 5.41) is 10.3. The largest absolute Gasteiger partial charge is 0.388 e. The molecule has 0 spiro atoms. The summed E-state index contributed by atoms with van der Waals surface area (Å²) in [4.78, 5) is 17.9. The molecule has 23 heavy (non-hydrogen) atoms. The number of benzene rings is 1. The molecular weight excluding hydrogens is 288 g/mol. The molecule has 1 aromatic rings. The van der Waals surface area contributed by atoms with E-state index in [-0.39, 0.29) is 5.91 Å². The van der Waals surface area contributed by atoms with Crippen LogP contribution in [0, 0.1) is 5.92 Å². The van der Waals surface area contributed by atoms with Gasteiger partial charge in [0.05, 0.1) is 6.10 Å². The normalized spacial score (nSPS) is 38.6. The Hall–Kier alpha value is -1.39. The van der Waals surface area contributed by atoms with E-state index in [0.717, 1.165) is 42.6 Å². The topological polar surface area (TPSA) is 43.8 Å². The summed E-state index contributed by atoms with van der Waals surface area (Å²) in [6, 6.07) is 6.32. The Balaban J connectivity index is 1.53. The van der Waals surface area contributed by atoms with Gasteiger partial charge in [0.15, 0.2) is 0 Å². The maximum atomic E-state index is 13.2. The highest BCUT2D eigenvalue weighted by atomic mass is 16.3. The minimum Gasteiger partial charge on any atom is -0.388 e. The molecule has 1 aromatic carbocycles. The smallest absolute Gasteiger partial charge is 0.254 e. The Kier molecular flexibility index (Phi) is 3.07. The number of piperidine rings is 3. The van der Waals surface area contributed by atoms with Crippen LogP contribution in [0.1, 0.15) is 59.2 Å². The first-order valence-corrected chi connectivity index (χ1v) is 9.06. The van der Waals surface area contributed by atoms with E-state index in [2.05, 4.69) is 9.80 Å². The lowest BCUT2D eigenvalue weighted by Gasteiger charge is -2.51. The van der Waals surface area contributed by atoms with Crippen molar-refractivity contribution in [2.45, 2.75) is 43.7 Å². The molecule has 3 atom stereocenters. The van der Waals surface area contributed by atoms with E-state index < -0.39 is 6.10 Å². The van der Waals surface area contributed by atoms with Gasteiger partial charge >= 0.3 is 0 Å². The number of nitrogens with zero attached hydrogens (tertiary/aromatic N) is 2. The molecule has 3 saturated heterocycles. The summed E-state index contributed by atoms with van der Waals surface area (Å²) in [6.45, 7) is 4.32. The Morgan fingerprint density at radius 3 is 2.61 bits per heavy atom. The molecule has 3 fully saturated rings. The fraction of sp³-hybridized carbons (Fsp3) is 0.632. The van der Waals surface area contributed by atoms with Crippen LogP contribution in [0.15, 0.2) is 18.2 Å². The van der Waals surface area contributed by atoms with Gasteiger partial charge < -0.3 is 14.9 Å². The van der Waals surface area contributed by atoms with Crippen LogP contribution >= 0.6 is 0 Å². The molecular formula is C19H24N2O2. The number of aliphatic hydroxyl groups excluding tert-OH is 1. The minimum atomic E-state index is -0.391. The number of hydrogen-bond acceptors (Lipinski definition) is 3. The second-order valence-corrected chi connectivity index (χ2v) is 7.76. The molecule has 0 radical (unpaired) electrons. The zero-order valence-electron chi connectivity index (χ0n) is 13.4. The van der Waals surface area contributed by atoms with Gasteiger partial charge in [0, 0.05) is 30.6 Å². The van der Waals surface area contributed by atoms with Gasteiger partial charge in [-0.1, -0.05) is 12.1 Å². The Bertz CT molecular complexity index is 651. The van der Waals surface area contributed by atoms with Crippen LogP contribution in [0.4, 0.5) is 0 Å². The standard InChI is InChI=1S/C19H24N2O2/c22-17-5-4-13-10-21(16-11-20-8-6-12(16)7-9-20)19(23)15-3-1-2-14(17)18(13)15/h1-3,12-13,16-17,22H,4-11H2/t13-,16-,17?/m1/s1. The summed E-state index contributed by atoms with van der Waals surface area (Å²) >= 11 is 0. The highest BCUT2D eigenvalue weighted by Crippen LogP contribution is 2.44. The van der Waals surface area contributed by atoms with Crippen molar-refractivity contribution < 1.29 is 9.90 Å². The van der Waals surface area contributed by atoms with E-state index in [9.17, 15) is 9.90 Å². The average molecular weight is 312 g/mol. The number of rotatable bonds is 1. The first kappa shape index (κ1) is 14.0. The first-order valence-electron chi connectivity index (χ1n) is 9.06. The lowest BCUT2D eigenvalue weighted by molar-refractivity contribution is 0.00143. The maximum absolute atomic E-state index is 13.2. The van der Waals surface area contributed by atoms with Crippen LogP contribution in [0.3, 0.4) is 0 Å². The van der Waals surface area contributed by atoms with E-state index in [0.29, 0.717) is 17.9 Å². The molecule has 122 valence electrons. The Labute approximate surface area is 137 Å². The van der Waals surface area contributed by atoms with Crippen molar-refractivity contribution in [3.63, 3.8) is 0 Å². The lowest BCUT2D eigenvalue weighted by Crippen LogP contribution is -2.60. The van der Waals surface area contributed by atoms with Crippen LogP contribution in [0.25, 0.3) is 0 Å². The first-order chi connectivity index (χ1) is 11.2. The van der Waals surface area contributed by atoms with Crippen molar-refractivity contribution in [3.05, 3.63) is 34.9 Å². The lowest BCUT2D eigenvalue weighted by atomic mass is 9.74. The zero-order valence-corrected chi connectivity index (χ0v) is 13.4. The Morgan fingerprint density at radius 2 is 1.87 bits per heavy atom. The van der Waals surface area contributed by atoms with Gasteiger partial charge in [0.25, 0.3) is 5.91 Å². The molecule has 6 rings (SSSR count). The molecule has 4 aliphatic heterocycles. The van der Waals surface area contributed by atoms with Gasteiger partial charge in [-0.05, 0) is 61.9 Å². The summed E-state index contributed by atoms with van der Waals surface area (Å²) in [7, 11) is 0. The molecule has 2 bridgehead atoms. The molecule has 0 saturated carbocycles. The molecule has 1 unspecified atom stereocenters. The summed E-state index contributed by atoms with van der Waals surface area (Å²) in [5.74, 6) is 1.30. The van der Waals surface area contributed by atoms with E-state index in [1.54, 1.807) is 0 Å². The van der Waals surface area contributed by atoms with E-state index in [1.165, 1.54) is 25.9 Å². The van der Waals surface area contributed by atoms with Crippen LogP contribution in [0.2, 0.25) is 0 Å². The molecule has 1 aliphatic carbocycles. The molecule has 0 aromatic heterocycles. The molecule has 4 heterocycles. The third-order valence-corrected chi connectivity index (χ3v) is 6.63. The average Bonchev–Trinajstić information content (AvgIpc) is 2.61. The number of amides is 1. The van der Waals surface area contributed by atoms with Crippen molar-refractivity contribution in [2.24, 2.45) is 5.92 Å². The zero-order chi connectivity index (χ0) is 15.6. The van der Waals surface area contributed by atoms with Gasteiger partial charge in [-0.15, -0.1) is 0 Å². The van der Waals surface area contributed by atoms with Gasteiger partial charge in [-0.3, -0.25) is 4.79 Å². The van der Waals surface area contributed by atoms with Crippen LogP contribution in [0.5, 0.6) is 0 Å². The number of aliphatic hydroxyl groups is 1. The predicted molar refractivity (Wildman–Crippen MR) is 87.4 cm³/mol. The summed E-state index contributed by atoms with van der Waals surface area (Å²) in [6.07, 6.45) is 3.91. The molecule has 5 aliphatic rings. The highest BCUT2D eigenvalue weighted by molar-refractivity contribution is 5.98. The third-order valence-electron chi connectivity index (χ3n) is 6.63. The third kappa shape index (κ3) is 2.01.